The lowest BCUT2D eigenvalue weighted by Crippen LogP contribution is -2.63. The molecule has 0 heterocycles. The predicted molar refractivity (Wildman–Crippen MR) is 155 cm³/mol. The van der Waals surface area contributed by atoms with Crippen molar-refractivity contribution >= 4 is 11.9 Å². The van der Waals surface area contributed by atoms with Crippen LogP contribution in [0.15, 0.2) is 34.9 Å². The predicted octanol–water partition coefficient (Wildman–Crippen LogP) is 5.00. The van der Waals surface area contributed by atoms with Crippen molar-refractivity contribution in [2.45, 2.75) is 118 Å². The van der Waals surface area contributed by atoms with Gasteiger partial charge in [0.2, 0.25) is 0 Å². The van der Waals surface area contributed by atoms with Gasteiger partial charge >= 0.3 is 11.9 Å². The second-order valence-electron chi connectivity index (χ2n) is 14.1. The quantitative estimate of drug-likeness (QED) is 0.284. The third kappa shape index (κ3) is 4.90. The SMILES string of the molecule is C=C(CCC[C@H]1CC=C2C3=C([C@@H](O)[C@H](OC(C)=O)C21C)C1(C)C[C@@H](OC(=O)CN)[C@H](O)C(C)(C)[C@@H]1CC3)C(C)C. The molecule has 0 radical (unpaired) electrons. The van der Waals surface area contributed by atoms with Crippen molar-refractivity contribution in [2.24, 2.45) is 39.7 Å². The van der Waals surface area contributed by atoms with Crippen LogP contribution in [0.4, 0.5) is 0 Å². The lowest BCUT2D eigenvalue weighted by molar-refractivity contribution is -0.192. The van der Waals surface area contributed by atoms with Crippen molar-refractivity contribution in [3.63, 3.8) is 0 Å². The van der Waals surface area contributed by atoms with Gasteiger partial charge in [-0.1, -0.05) is 59.8 Å². The Hall–Kier alpha value is -1.96. The molecular weight excluding hydrogens is 506 g/mol. The molecule has 7 nitrogen and oxygen atoms in total. The molecule has 40 heavy (non-hydrogen) atoms. The highest BCUT2D eigenvalue weighted by Crippen LogP contribution is 2.67. The van der Waals surface area contributed by atoms with Crippen molar-refractivity contribution in [3.05, 3.63) is 34.9 Å². The highest BCUT2D eigenvalue weighted by Gasteiger charge is 2.65. The average Bonchev–Trinajstić information content (AvgIpc) is 3.21. The Kier molecular flexibility index (Phi) is 8.55. The fourth-order valence-corrected chi connectivity index (χ4v) is 8.96. The highest BCUT2D eigenvalue weighted by molar-refractivity contribution is 5.71. The maximum atomic E-state index is 12.5. The molecule has 0 aromatic rings. The third-order valence-electron chi connectivity index (χ3n) is 11.2. The zero-order valence-electron chi connectivity index (χ0n) is 25.6. The number of rotatable bonds is 8. The Labute approximate surface area is 240 Å². The van der Waals surface area contributed by atoms with Crippen molar-refractivity contribution in [3.8, 4) is 0 Å². The van der Waals surface area contributed by atoms with E-state index in [-0.39, 0.29) is 18.4 Å². The van der Waals surface area contributed by atoms with Crippen LogP contribution >= 0.6 is 0 Å². The van der Waals surface area contributed by atoms with E-state index in [0.717, 1.165) is 44.1 Å². The van der Waals surface area contributed by atoms with Gasteiger partial charge in [0.15, 0.2) is 0 Å². The van der Waals surface area contributed by atoms with Crippen LogP contribution in [0.3, 0.4) is 0 Å². The number of allylic oxidation sites excluding steroid dienone is 3. The molecule has 4 rings (SSSR count). The van der Waals surface area contributed by atoms with Crippen molar-refractivity contribution in [1.29, 1.82) is 0 Å². The smallest absolute Gasteiger partial charge is 0.320 e. The molecule has 4 aliphatic carbocycles. The number of nitrogens with two attached hydrogens (primary N) is 1. The number of carbonyl (C=O) groups is 2. The number of hydrogen-bond acceptors (Lipinski definition) is 7. The fraction of sp³-hybridized carbons (Fsp3) is 0.758. The minimum Gasteiger partial charge on any atom is -0.459 e. The standard InChI is InChI=1S/C33H51NO6/c1-18(2)19(3)10-9-11-21-12-14-23-22-13-15-25-31(5,6)29(38)24(40-26(36)17-34)16-32(25,7)27(22)28(37)30(33(21,23)8)39-20(4)35/h14,18,21,24-25,28-30,37-38H,3,9-13,15-17,34H2,1-2,4-8H3/t21-,24+,25-,28+,29-,30-,32?,33?/m0/s1. The Morgan fingerprint density at radius 1 is 1.18 bits per heavy atom. The molecule has 0 aromatic carbocycles. The first-order valence-corrected chi connectivity index (χ1v) is 15.2. The summed E-state index contributed by atoms with van der Waals surface area (Å²) in [5, 5.41) is 23.5. The number of aliphatic hydroxyl groups excluding tert-OH is 2. The van der Waals surface area contributed by atoms with E-state index in [0.29, 0.717) is 12.3 Å². The van der Waals surface area contributed by atoms with Gasteiger partial charge in [-0.3, -0.25) is 9.59 Å². The van der Waals surface area contributed by atoms with Crippen LogP contribution in [0.5, 0.6) is 0 Å². The molecular formula is C33H51NO6. The van der Waals surface area contributed by atoms with Crippen LogP contribution in [0.25, 0.3) is 0 Å². The zero-order valence-corrected chi connectivity index (χ0v) is 25.6. The molecule has 0 bridgehead atoms. The van der Waals surface area contributed by atoms with Gasteiger partial charge < -0.3 is 25.4 Å². The lowest BCUT2D eigenvalue weighted by Gasteiger charge is -2.62. The van der Waals surface area contributed by atoms with Crippen LogP contribution in [0, 0.1) is 34.0 Å². The van der Waals surface area contributed by atoms with Gasteiger partial charge in [0.1, 0.15) is 18.3 Å². The van der Waals surface area contributed by atoms with E-state index in [1.165, 1.54) is 23.6 Å². The van der Waals surface area contributed by atoms with Gasteiger partial charge in [0.05, 0.1) is 12.6 Å². The Morgan fingerprint density at radius 3 is 2.45 bits per heavy atom. The first-order chi connectivity index (χ1) is 18.6. The van der Waals surface area contributed by atoms with Crippen molar-refractivity contribution in [1.82, 2.24) is 0 Å². The van der Waals surface area contributed by atoms with Crippen LogP contribution in [0.1, 0.15) is 93.4 Å². The van der Waals surface area contributed by atoms with E-state index in [1.807, 2.05) is 13.8 Å². The molecule has 224 valence electrons. The number of aliphatic hydroxyl groups is 2. The van der Waals surface area contributed by atoms with Gasteiger partial charge in [0.25, 0.3) is 0 Å². The summed E-state index contributed by atoms with van der Waals surface area (Å²) in [5.41, 5.74) is 8.41. The summed E-state index contributed by atoms with van der Waals surface area (Å²) in [7, 11) is 0. The van der Waals surface area contributed by atoms with Gasteiger partial charge in [-0.05, 0) is 90.2 Å². The third-order valence-corrected chi connectivity index (χ3v) is 11.2. The molecule has 2 unspecified atom stereocenters. The van der Waals surface area contributed by atoms with E-state index in [1.54, 1.807) is 0 Å². The molecule has 0 aromatic heterocycles. The summed E-state index contributed by atoms with van der Waals surface area (Å²) in [4.78, 5) is 24.7. The monoisotopic (exact) mass is 557 g/mol. The molecule has 7 heteroatoms. The maximum absolute atomic E-state index is 12.5. The van der Waals surface area contributed by atoms with Gasteiger partial charge in [0, 0.05) is 12.3 Å². The van der Waals surface area contributed by atoms with Gasteiger partial charge in [-0.2, -0.15) is 0 Å². The zero-order chi connectivity index (χ0) is 29.8. The van der Waals surface area contributed by atoms with Gasteiger partial charge in [-0.25, -0.2) is 0 Å². The normalized spacial score (nSPS) is 38.2. The summed E-state index contributed by atoms with van der Waals surface area (Å²) in [6.07, 6.45) is 4.86. The lowest BCUT2D eigenvalue weighted by atomic mass is 9.45. The molecule has 0 aliphatic heterocycles. The highest BCUT2D eigenvalue weighted by atomic mass is 16.6. The summed E-state index contributed by atoms with van der Waals surface area (Å²) >= 11 is 0. The largest absolute Gasteiger partial charge is 0.459 e. The van der Waals surface area contributed by atoms with Crippen molar-refractivity contribution < 1.29 is 29.3 Å². The second kappa shape index (κ2) is 11.0. The Balaban J connectivity index is 1.76. The Morgan fingerprint density at radius 2 is 1.85 bits per heavy atom. The van der Waals surface area contributed by atoms with E-state index in [2.05, 4.69) is 40.3 Å². The van der Waals surface area contributed by atoms with E-state index < -0.39 is 52.6 Å². The molecule has 4 N–H and O–H groups in total. The van der Waals surface area contributed by atoms with Crippen LogP contribution in [-0.2, 0) is 19.1 Å². The number of carbonyl (C=O) groups excluding carboxylic acids is 2. The van der Waals surface area contributed by atoms with Crippen molar-refractivity contribution in [2.75, 3.05) is 6.54 Å². The first-order valence-electron chi connectivity index (χ1n) is 15.2. The number of fused-ring (bicyclic) bond motifs is 4. The second-order valence-corrected chi connectivity index (χ2v) is 14.1. The summed E-state index contributed by atoms with van der Waals surface area (Å²) in [6, 6.07) is 0. The number of esters is 2. The molecule has 8 atom stereocenters. The van der Waals surface area contributed by atoms with Crippen LogP contribution in [-0.4, -0.2) is 53.1 Å². The van der Waals surface area contributed by atoms with Gasteiger partial charge in [-0.15, -0.1) is 0 Å². The molecule has 4 aliphatic rings. The Bertz CT molecular complexity index is 1100. The number of ether oxygens (including phenoxy) is 2. The van der Waals surface area contributed by atoms with E-state index in [9.17, 15) is 19.8 Å². The first kappa shape index (κ1) is 31.0. The maximum Gasteiger partial charge on any atom is 0.320 e. The molecule has 0 amide bonds. The van der Waals surface area contributed by atoms with E-state index >= 15 is 0 Å². The summed E-state index contributed by atoms with van der Waals surface area (Å²) in [6.45, 7) is 18.1. The fourth-order valence-electron chi connectivity index (χ4n) is 8.96. The minimum absolute atomic E-state index is 0.0402. The average molecular weight is 558 g/mol. The van der Waals surface area contributed by atoms with E-state index in [4.69, 9.17) is 15.2 Å². The summed E-state index contributed by atoms with van der Waals surface area (Å²) in [5.74, 6) is -0.225. The van der Waals surface area contributed by atoms with Crippen LogP contribution in [0.2, 0.25) is 0 Å². The molecule has 0 spiro atoms. The minimum atomic E-state index is -0.989. The molecule has 0 saturated heterocycles. The molecule has 1 saturated carbocycles. The van der Waals surface area contributed by atoms with Crippen LogP contribution < -0.4 is 5.73 Å². The number of hydrogen-bond donors (Lipinski definition) is 3. The topological polar surface area (TPSA) is 119 Å². The molecule has 1 fully saturated rings. The summed E-state index contributed by atoms with van der Waals surface area (Å²) < 4.78 is 11.7.